The molecule has 13 aromatic rings. The quantitative estimate of drug-likeness (QED) is 0.0363. The van der Waals surface area contributed by atoms with Gasteiger partial charge in [-0.1, -0.05) is 186 Å². The molecule has 10 heterocycles. The van der Waals surface area contributed by atoms with Gasteiger partial charge in [0.05, 0.1) is 11.7 Å². The lowest BCUT2D eigenvalue weighted by molar-refractivity contribution is 0.608. The molecule has 500 valence electrons. The number of unbranched alkanes of at least 4 members (excludes halogenated alkanes) is 20. The molecule has 0 saturated heterocycles. The lowest BCUT2D eigenvalue weighted by Gasteiger charge is -2.04. The highest BCUT2D eigenvalue weighted by Crippen LogP contribution is 2.52. The first-order valence-electron chi connectivity index (χ1n) is 36.3. The minimum absolute atomic E-state index is 1.04. The number of aromatic nitrogens is 2. The maximum absolute atomic E-state index is 5.17. The first-order valence-corrected chi connectivity index (χ1v) is 44.4. The zero-order valence-corrected chi connectivity index (χ0v) is 65.5. The third kappa shape index (κ3) is 16.7. The van der Waals surface area contributed by atoms with Crippen LogP contribution in [-0.4, -0.2) is 8.75 Å². The van der Waals surface area contributed by atoms with E-state index in [1.165, 1.54) is 309 Å². The summed E-state index contributed by atoms with van der Waals surface area (Å²) in [6.07, 6.45) is 35.9. The van der Waals surface area contributed by atoms with Crippen molar-refractivity contribution in [1.29, 1.82) is 0 Å². The van der Waals surface area contributed by atoms with E-state index in [1.807, 2.05) is 102 Å². The van der Waals surface area contributed by atoms with Gasteiger partial charge in [-0.25, -0.2) is 0 Å². The second-order valence-corrected chi connectivity index (χ2v) is 37.1. The van der Waals surface area contributed by atoms with Gasteiger partial charge in [0.25, 0.3) is 0 Å². The molecule has 0 amide bonds. The van der Waals surface area contributed by atoms with E-state index in [0.717, 1.165) is 30.3 Å². The van der Waals surface area contributed by atoms with Gasteiger partial charge in [0.2, 0.25) is 0 Å². The summed E-state index contributed by atoms with van der Waals surface area (Å²) in [6, 6.07) is 48.2. The van der Waals surface area contributed by atoms with E-state index in [4.69, 9.17) is 8.75 Å². The second-order valence-electron chi connectivity index (χ2n) is 26.8. The van der Waals surface area contributed by atoms with Gasteiger partial charge in [0.15, 0.2) is 0 Å². The molecule has 0 bridgehead atoms. The lowest BCUT2D eigenvalue weighted by Crippen LogP contribution is -1.86. The number of rotatable bonds is 37. The summed E-state index contributed by atoms with van der Waals surface area (Å²) >= 11 is 19.1. The fraction of sp³-hybridized carbons (Fsp3) is 0.405. The molecule has 0 spiro atoms. The van der Waals surface area contributed by atoms with Crippen LogP contribution in [0.2, 0.25) is 0 Å². The maximum atomic E-state index is 5.17. The number of nitrogens with zero attached hydrogens (tertiary/aromatic N) is 2. The SMILES string of the molecule is CCCCCCCCc1cc(C)sc1-c1ccc(-c2ccc(-c3sc(-c4ccc(-c5cc(CCCCCCCC)c(-c6ccc(-c7ccc(-c8sc(-c9ccc%10sc%11ccc(C)cc%11c%10c9)cc8CCCCCCCC)s7)s6)s5)c5nsnc45)cc3CCCCCCCC)s2)s1. The molecule has 0 unspecified atom stereocenters. The van der Waals surface area contributed by atoms with Crippen LogP contribution >= 0.6 is 114 Å². The van der Waals surface area contributed by atoms with Gasteiger partial charge in [0.1, 0.15) is 11.0 Å². The second kappa shape index (κ2) is 34.1. The van der Waals surface area contributed by atoms with Crippen molar-refractivity contribution in [2.75, 3.05) is 0 Å². The average molecular weight is 1450 g/mol. The molecule has 2 nitrogen and oxygen atoms in total. The molecular formula is C84H94N2S10. The Labute approximate surface area is 613 Å². The third-order valence-electron chi connectivity index (χ3n) is 19.2. The van der Waals surface area contributed by atoms with Gasteiger partial charge in [-0.15, -0.1) is 102 Å². The van der Waals surface area contributed by atoms with Gasteiger partial charge in [-0.2, -0.15) is 8.75 Å². The fourth-order valence-corrected chi connectivity index (χ4v) is 25.1. The molecule has 96 heavy (non-hydrogen) atoms. The summed E-state index contributed by atoms with van der Waals surface area (Å²) in [5.74, 6) is 0. The zero-order chi connectivity index (χ0) is 65.7. The van der Waals surface area contributed by atoms with Crippen molar-refractivity contribution in [2.24, 2.45) is 0 Å². The minimum Gasteiger partial charge on any atom is -0.172 e. The molecule has 0 N–H and O–H groups in total. The molecule has 12 heteroatoms. The van der Waals surface area contributed by atoms with Crippen LogP contribution in [0.25, 0.3) is 121 Å². The van der Waals surface area contributed by atoms with Crippen molar-refractivity contribution in [3.63, 3.8) is 0 Å². The summed E-state index contributed by atoms with van der Waals surface area (Å²) in [5, 5.41) is 2.77. The first kappa shape index (κ1) is 69.8. The molecular weight excluding hydrogens is 1360 g/mol. The molecule has 0 fully saturated rings. The number of hydrogen-bond donors (Lipinski definition) is 0. The number of aryl methyl sites for hydroxylation is 6. The topological polar surface area (TPSA) is 25.8 Å². The monoisotopic (exact) mass is 1450 g/mol. The predicted molar refractivity (Wildman–Crippen MR) is 440 cm³/mol. The van der Waals surface area contributed by atoms with Crippen LogP contribution in [0.1, 0.15) is 214 Å². The zero-order valence-electron chi connectivity index (χ0n) is 57.3. The number of benzene rings is 3. The summed E-state index contributed by atoms with van der Waals surface area (Å²) in [7, 11) is 0. The Morgan fingerprint density at radius 1 is 0.271 bits per heavy atom. The molecule has 3 aromatic carbocycles. The molecule has 0 aliphatic heterocycles. The van der Waals surface area contributed by atoms with Crippen LogP contribution < -0.4 is 0 Å². The average Bonchev–Trinajstić information content (AvgIpc) is 1.62. The number of fused-ring (bicyclic) bond motifs is 4. The van der Waals surface area contributed by atoms with Gasteiger partial charge >= 0.3 is 0 Å². The van der Waals surface area contributed by atoms with E-state index in [2.05, 4.69) is 163 Å². The van der Waals surface area contributed by atoms with E-state index in [1.54, 1.807) is 5.56 Å². The largest absolute Gasteiger partial charge is 0.172 e. The molecule has 10 aromatic heterocycles. The van der Waals surface area contributed by atoms with Crippen LogP contribution in [0.5, 0.6) is 0 Å². The third-order valence-corrected chi connectivity index (χ3v) is 31.1. The Balaban J connectivity index is 0.777. The number of hydrogen-bond acceptors (Lipinski definition) is 12. The maximum Gasteiger partial charge on any atom is 0.114 e. The van der Waals surface area contributed by atoms with Crippen molar-refractivity contribution in [2.45, 2.75) is 221 Å². The highest BCUT2D eigenvalue weighted by Gasteiger charge is 2.24. The van der Waals surface area contributed by atoms with E-state index >= 15 is 0 Å². The predicted octanol–water partition coefficient (Wildman–Crippen LogP) is 31.8. The Morgan fingerprint density at radius 3 is 1.04 bits per heavy atom. The highest BCUT2D eigenvalue weighted by molar-refractivity contribution is 7.30. The van der Waals surface area contributed by atoms with Gasteiger partial charge < -0.3 is 0 Å². The van der Waals surface area contributed by atoms with Crippen LogP contribution in [0, 0.1) is 13.8 Å². The smallest absolute Gasteiger partial charge is 0.114 e. The molecule has 0 saturated carbocycles. The van der Waals surface area contributed by atoms with Crippen molar-refractivity contribution in [3.05, 3.63) is 154 Å². The van der Waals surface area contributed by atoms with Crippen molar-refractivity contribution in [1.82, 2.24) is 8.75 Å². The lowest BCUT2D eigenvalue weighted by atomic mass is 10.0. The first-order chi connectivity index (χ1) is 47.2. The van der Waals surface area contributed by atoms with Crippen LogP contribution in [0.15, 0.2) is 121 Å². The summed E-state index contributed by atoms with van der Waals surface area (Å²) in [4.78, 5) is 22.3. The Kier molecular flexibility index (Phi) is 24.8. The molecule has 0 aliphatic rings. The van der Waals surface area contributed by atoms with Crippen molar-refractivity contribution >= 4 is 145 Å². The Hall–Kier alpha value is -4.70. The molecule has 0 atom stereocenters. The Bertz CT molecular complexity index is 4620. The van der Waals surface area contributed by atoms with E-state index < -0.39 is 0 Å². The fourth-order valence-electron chi connectivity index (χ4n) is 13.9. The molecule has 13 rings (SSSR count). The van der Waals surface area contributed by atoms with E-state index in [-0.39, 0.29) is 0 Å². The van der Waals surface area contributed by atoms with Gasteiger partial charge in [-0.05, 0) is 190 Å². The standard InChI is InChI=1S/C84H94N2S10/c1-7-11-15-19-23-27-31-58-50-56(6)87-81(58)72-45-41-68(89-72)69-43-47-74(91-69)83-60(33-29-25-21-17-13-9-3)53-77(94-83)62-37-38-63(80-79(62)85-96-86-80)78-54-61(34-30-26-22-18-14-10-4)84(95-78)75-48-44-71(92-75)70-42-46-73(90-70)82-59(32-28-24-20-16-12-8-2)52-76(93-82)57-36-40-67-65(51-57)64-49-55(5)35-39-66(64)88-67/h35-54H,7-34H2,1-6H3. The summed E-state index contributed by atoms with van der Waals surface area (Å²) in [6.45, 7) is 13.8. The highest BCUT2D eigenvalue weighted by atomic mass is 32.1. The number of thiophene rings is 9. The normalized spacial score (nSPS) is 12.0. The van der Waals surface area contributed by atoms with Crippen molar-refractivity contribution in [3.8, 4) is 89.8 Å². The van der Waals surface area contributed by atoms with Crippen LogP contribution in [-0.2, 0) is 25.7 Å². The molecule has 0 aliphatic carbocycles. The van der Waals surface area contributed by atoms with E-state index in [0.29, 0.717) is 0 Å². The summed E-state index contributed by atoms with van der Waals surface area (Å²) in [5.41, 5.74) is 13.2. The minimum atomic E-state index is 1.04. The van der Waals surface area contributed by atoms with Crippen LogP contribution in [0.3, 0.4) is 0 Å². The van der Waals surface area contributed by atoms with Gasteiger partial charge in [0, 0.05) is 109 Å². The van der Waals surface area contributed by atoms with E-state index in [9.17, 15) is 0 Å². The summed E-state index contributed by atoms with van der Waals surface area (Å²) < 4.78 is 13.1. The Morgan fingerprint density at radius 2 is 0.615 bits per heavy atom. The van der Waals surface area contributed by atoms with Crippen molar-refractivity contribution < 1.29 is 0 Å². The molecule has 0 radical (unpaired) electrons. The van der Waals surface area contributed by atoms with Crippen LogP contribution in [0.4, 0.5) is 0 Å². The van der Waals surface area contributed by atoms with Gasteiger partial charge in [-0.3, -0.25) is 0 Å².